The van der Waals surface area contributed by atoms with E-state index >= 15 is 0 Å². The van der Waals surface area contributed by atoms with Crippen LogP contribution in [0.5, 0.6) is 5.75 Å². The van der Waals surface area contributed by atoms with Gasteiger partial charge in [0.1, 0.15) is 11.5 Å². The Labute approximate surface area is 137 Å². The van der Waals surface area contributed by atoms with Crippen molar-refractivity contribution in [2.24, 2.45) is 4.99 Å². The molecule has 0 saturated carbocycles. The molecular weight excluding hydrogens is 282 g/mol. The van der Waals surface area contributed by atoms with Gasteiger partial charge in [0.05, 0.1) is 5.54 Å². The fraction of sp³-hybridized carbons (Fsp3) is 0.190. The summed E-state index contributed by atoms with van der Waals surface area (Å²) in [4.78, 5) is 4.55. The highest BCUT2D eigenvalue weighted by Gasteiger charge is 2.17. The van der Waals surface area contributed by atoms with E-state index in [4.69, 9.17) is 4.74 Å². The number of fused-ring (bicyclic) bond motifs is 1. The molecule has 1 aliphatic rings. The predicted octanol–water partition coefficient (Wildman–Crippen LogP) is 5.37. The van der Waals surface area contributed by atoms with Crippen LogP contribution in [-0.2, 0) is 0 Å². The van der Waals surface area contributed by atoms with Crippen molar-refractivity contribution in [3.63, 3.8) is 0 Å². The van der Waals surface area contributed by atoms with Gasteiger partial charge in [0.2, 0.25) is 0 Å². The number of para-hydroxylation sites is 1. The van der Waals surface area contributed by atoms with Gasteiger partial charge in [0.15, 0.2) is 0 Å². The van der Waals surface area contributed by atoms with Crippen LogP contribution in [0.3, 0.4) is 0 Å². The smallest absolute Gasteiger partial charge is 0.135 e. The highest BCUT2D eigenvalue weighted by atomic mass is 16.5. The van der Waals surface area contributed by atoms with Gasteiger partial charge in [-0.05, 0) is 44.6 Å². The van der Waals surface area contributed by atoms with Crippen molar-refractivity contribution in [2.45, 2.75) is 26.3 Å². The third-order valence-corrected chi connectivity index (χ3v) is 3.48. The maximum Gasteiger partial charge on any atom is 0.135 e. The van der Waals surface area contributed by atoms with E-state index in [1.54, 1.807) is 0 Å². The maximum atomic E-state index is 6.07. The second-order valence-corrected chi connectivity index (χ2v) is 6.54. The van der Waals surface area contributed by atoms with Gasteiger partial charge >= 0.3 is 0 Å². The first-order valence-corrected chi connectivity index (χ1v) is 7.83. The number of aliphatic imine (C=N–C) groups is 1. The van der Waals surface area contributed by atoms with Gasteiger partial charge in [-0.2, -0.15) is 0 Å². The van der Waals surface area contributed by atoms with E-state index in [-0.39, 0.29) is 5.54 Å². The lowest BCUT2D eigenvalue weighted by atomic mass is 9.99. The minimum Gasteiger partial charge on any atom is -0.456 e. The van der Waals surface area contributed by atoms with Crippen LogP contribution in [0.25, 0.3) is 11.3 Å². The fourth-order valence-electron chi connectivity index (χ4n) is 2.38. The van der Waals surface area contributed by atoms with Crippen LogP contribution in [0, 0.1) is 0 Å². The van der Waals surface area contributed by atoms with Crippen molar-refractivity contribution in [2.75, 3.05) is 0 Å². The normalized spacial score (nSPS) is 16.1. The second kappa shape index (κ2) is 6.25. The minimum atomic E-state index is -0.0757. The maximum absolute atomic E-state index is 6.07. The summed E-state index contributed by atoms with van der Waals surface area (Å²) in [6, 6.07) is 18.3. The Kier molecular flexibility index (Phi) is 4.16. The van der Waals surface area contributed by atoms with Crippen LogP contribution in [0.15, 0.2) is 71.7 Å². The van der Waals surface area contributed by atoms with E-state index in [1.807, 2.05) is 42.6 Å². The number of allylic oxidation sites excluding steroid dienone is 3. The lowest BCUT2D eigenvalue weighted by Crippen LogP contribution is -2.09. The number of ether oxygens (including phenoxy) is 1. The van der Waals surface area contributed by atoms with Crippen LogP contribution in [0.2, 0.25) is 0 Å². The molecule has 23 heavy (non-hydrogen) atoms. The average Bonchev–Trinajstić information content (AvgIpc) is 2.54. The van der Waals surface area contributed by atoms with Crippen molar-refractivity contribution >= 4 is 17.5 Å². The topological polar surface area (TPSA) is 21.6 Å². The molecule has 2 aromatic rings. The van der Waals surface area contributed by atoms with E-state index in [0.717, 1.165) is 28.2 Å². The molecule has 3 rings (SSSR count). The average molecular weight is 303 g/mol. The van der Waals surface area contributed by atoms with Crippen molar-refractivity contribution < 1.29 is 4.74 Å². The zero-order valence-electron chi connectivity index (χ0n) is 13.8. The quantitative estimate of drug-likeness (QED) is 0.683. The summed E-state index contributed by atoms with van der Waals surface area (Å²) in [5, 5.41) is 0. The number of nitrogens with zero attached hydrogens (tertiary/aromatic N) is 1. The molecule has 0 atom stereocenters. The minimum absolute atomic E-state index is 0.0757. The first-order valence-electron chi connectivity index (χ1n) is 7.83. The predicted molar refractivity (Wildman–Crippen MR) is 97.7 cm³/mol. The van der Waals surface area contributed by atoms with Crippen molar-refractivity contribution in [1.29, 1.82) is 0 Å². The summed E-state index contributed by atoms with van der Waals surface area (Å²) in [6.07, 6.45) is 6.01. The first kappa shape index (κ1) is 15.3. The van der Waals surface area contributed by atoms with Crippen LogP contribution in [0.1, 0.15) is 31.9 Å². The van der Waals surface area contributed by atoms with Gasteiger partial charge in [0.25, 0.3) is 0 Å². The summed E-state index contributed by atoms with van der Waals surface area (Å²) in [5.41, 5.74) is 3.19. The lowest BCUT2D eigenvalue weighted by Gasteiger charge is -2.20. The highest BCUT2D eigenvalue weighted by Crippen LogP contribution is 2.36. The second-order valence-electron chi connectivity index (χ2n) is 6.54. The Morgan fingerprint density at radius 2 is 1.61 bits per heavy atom. The van der Waals surface area contributed by atoms with Crippen LogP contribution in [0.4, 0.5) is 0 Å². The van der Waals surface area contributed by atoms with E-state index in [9.17, 15) is 0 Å². The van der Waals surface area contributed by atoms with Crippen molar-refractivity contribution in [3.05, 3.63) is 77.9 Å². The molecule has 2 aromatic carbocycles. The first-order chi connectivity index (χ1) is 11.0. The summed E-state index contributed by atoms with van der Waals surface area (Å²) < 4.78 is 6.07. The summed E-state index contributed by atoms with van der Waals surface area (Å²) in [5.74, 6) is 1.74. The van der Waals surface area contributed by atoms with E-state index < -0.39 is 0 Å². The molecule has 0 spiro atoms. The Morgan fingerprint density at radius 3 is 2.35 bits per heavy atom. The molecule has 2 nitrogen and oxygen atoms in total. The van der Waals surface area contributed by atoms with E-state index in [2.05, 4.69) is 56.1 Å². The number of rotatable bonds is 2. The lowest BCUT2D eigenvalue weighted by molar-refractivity contribution is 0.509. The van der Waals surface area contributed by atoms with Gasteiger partial charge in [-0.25, -0.2) is 0 Å². The molecule has 0 N–H and O–H groups in total. The standard InChI is InChI=1S/C21H21NO/c1-21(2,3)22-14-13-17-15-20(16-9-5-4-6-10-16)23-19-12-8-7-11-18(17)19/h4-15H,1-3H3/b17-13+,22-14?. The Morgan fingerprint density at radius 1 is 0.913 bits per heavy atom. The fourth-order valence-corrected chi connectivity index (χ4v) is 2.38. The summed E-state index contributed by atoms with van der Waals surface area (Å²) >= 11 is 0. The summed E-state index contributed by atoms with van der Waals surface area (Å²) in [7, 11) is 0. The molecule has 1 heterocycles. The molecule has 116 valence electrons. The molecule has 0 aromatic heterocycles. The van der Waals surface area contributed by atoms with Gasteiger partial charge in [0, 0.05) is 17.3 Å². The van der Waals surface area contributed by atoms with Gasteiger partial charge in [-0.1, -0.05) is 48.5 Å². The number of benzene rings is 2. The summed E-state index contributed by atoms with van der Waals surface area (Å²) in [6.45, 7) is 6.27. The monoisotopic (exact) mass is 303 g/mol. The SMILES string of the molecule is CC(C)(C)N=C/C=C1\C=C(c2ccccc2)Oc2ccccc21. The molecule has 2 heteroatoms. The molecular formula is C21H21NO. The van der Waals surface area contributed by atoms with Gasteiger partial charge in [-0.15, -0.1) is 0 Å². The molecule has 1 aliphatic heterocycles. The molecule has 0 saturated heterocycles. The zero-order valence-corrected chi connectivity index (χ0v) is 13.8. The molecule has 0 unspecified atom stereocenters. The van der Waals surface area contributed by atoms with E-state index in [0.29, 0.717) is 0 Å². The highest BCUT2D eigenvalue weighted by molar-refractivity contribution is 5.95. The third-order valence-electron chi connectivity index (χ3n) is 3.48. The van der Waals surface area contributed by atoms with Crippen LogP contribution >= 0.6 is 0 Å². The molecule has 0 fully saturated rings. The Hall–Kier alpha value is -2.61. The van der Waals surface area contributed by atoms with Crippen molar-refractivity contribution in [1.82, 2.24) is 0 Å². The van der Waals surface area contributed by atoms with Crippen LogP contribution in [-0.4, -0.2) is 11.8 Å². The van der Waals surface area contributed by atoms with Crippen LogP contribution < -0.4 is 4.74 Å². The van der Waals surface area contributed by atoms with Gasteiger partial charge in [-0.3, -0.25) is 4.99 Å². The molecule has 0 aliphatic carbocycles. The Balaban J connectivity index is 2.03. The number of hydrogen-bond donors (Lipinski definition) is 0. The zero-order chi connectivity index (χ0) is 16.3. The third kappa shape index (κ3) is 3.78. The molecule has 0 bridgehead atoms. The van der Waals surface area contributed by atoms with E-state index in [1.165, 1.54) is 0 Å². The molecule has 0 amide bonds. The van der Waals surface area contributed by atoms with Crippen molar-refractivity contribution in [3.8, 4) is 5.75 Å². The largest absolute Gasteiger partial charge is 0.456 e. The Bertz CT molecular complexity index is 777. The van der Waals surface area contributed by atoms with Gasteiger partial charge < -0.3 is 4.74 Å². The molecule has 0 radical (unpaired) electrons. The number of hydrogen-bond acceptors (Lipinski definition) is 2.